The van der Waals surface area contributed by atoms with Gasteiger partial charge in [-0.05, 0) is 13.0 Å². The standard InChI is InChI=1S/C20H27N3O4/c1-15-5-4-6-17(13-15)19-18(14-23(16(2)24)7-10-25-3)20(27-21-19)22-8-11-26-12-9-22/h4-6,13H,7-12,14H2,1-3H3. The van der Waals surface area contributed by atoms with E-state index in [2.05, 4.69) is 16.1 Å². The first kappa shape index (κ1) is 19.4. The molecule has 0 aliphatic carbocycles. The molecule has 0 atom stereocenters. The number of morpholine rings is 1. The van der Waals surface area contributed by atoms with Crippen molar-refractivity contribution in [2.24, 2.45) is 0 Å². The van der Waals surface area contributed by atoms with Crippen LogP contribution >= 0.6 is 0 Å². The second-order valence-electron chi connectivity index (χ2n) is 6.72. The molecule has 0 radical (unpaired) electrons. The van der Waals surface area contributed by atoms with Crippen molar-refractivity contribution in [3.05, 3.63) is 35.4 Å². The summed E-state index contributed by atoms with van der Waals surface area (Å²) in [5.41, 5.74) is 3.85. The molecule has 1 fully saturated rings. The number of carbonyl (C=O) groups excluding carboxylic acids is 1. The quantitative estimate of drug-likeness (QED) is 0.743. The first-order chi connectivity index (χ1) is 13.1. The number of carbonyl (C=O) groups is 1. The lowest BCUT2D eigenvalue weighted by Gasteiger charge is -2.28. The van der Waals surface area contributed by atoms with E-state index in [1.54, 1.807) is 18.9 Å². The van der Waals surface area contributed by atoms with Crippen molar-refractivity contribution < 1.29 is 18.8 Å². The van der Waals surface area contributed by atoms with E-state index in [-0.39, 0.29) is 5.91 Å². The number of rotatable bonds is 7. The van der Waals surface area contributed by atoms with Gasteiger partial charge in [-0.1, -0.05) is 28.9 Å². The topological polar surface area (TPSA) is 68.0 Å². The molecular formula is C20H27N3O4. The van der Waals surface area contributed by atoms with Gasteiger partial charge in [0.1, 0.15) is 5.69 Å². The monoisotopic (exact) mass is 373 g/mol. The van der Waals surface area contributed by atoms with E-state index in [1.165, 1.54) is 0 Å². The Kier molecular flexibility index (Phi) is 6.47. The summed E-state index contributed by atoms with van der Waals surface area (Å²) in [6.45, 7) is 7.85. The van der Waals surface area contributed by atoms with Crippen molar-refractivity contribution in [2.75, 3.05) is 51.5 Å². The zero-order valence-corrected chi connectivity index (χ0v) is 16.2. The minimum absolute atomic E-state index is 0.00336. The van der Waals surface area contributed by atoms with Crippen LogP contribution in [0.15, 0.2) is 28.8 Å². The van der Waals surface area contributed by atoms with E-state index in [9.17, 15) is 4.79 Å². The van der Waals surface area contributed by atoms with Gasteiger partial charge in [0, 0.05) is 39.2 Å². The van der Waals surface area contributed by atoms with Crippen LogP contribution in [-0.2, 0) is 20.8 Å². The number of anilines is 1. The maximum absolute atomic E-state index is 12.2. The number of benzene rings is 1. The summed E-state index contributed by atoms with van der Waals surface area (Å²) in [6.07, 6.45) is 0. The number of hydrogen-bond acceptors (Lipinski definition) is 6. The second kappa shape index (κ2) is 9.01. The molecule has 146 valence electrons. The van der Waals surface area contributed by atoms with Crippen LogP contribution in [0.2, 0.25) is 0 Å². The van der Waals surface area contributed by atoms with Crippen LogP contribution in [0.3, 0.4) is 0 Å². The molecule has 0 bridgehead atoms. The third-order valence-corrected chi connectivity index (χ3v) is 4.72. The van der Waals surface area contributed by atoms with Gasteiger partial charge in [-0.2, -0.15) is 0 Å². The average molecular weight is 373 g/mol. The number of methoxy groups -OCH3 is 1. The molecule has 3 rings (SSSR count). The fourth-order valence-corrected chi connectivity index (χ4v) is 3.22. The number of aromatic nitrogens is 1. The fraction of sp³-hybridized carbons (Fsp3) is 0.500. The second-order valence-corrected chi connectivity index (χ2v) is 6.72. The summed E-state index contributed by atoms with van der Waals surface area (Å²) in [6, 6.07) is 8.15. The van der Waals surface area contributed by atoms with Crippen molar-refractivity contribution in [2.45, 2.75) is 20.4 Å². The summed E-state index contributed by atoms with van der Waals surface area (Å²) in [5.74, 6) is 0.717. The van der Waals surface area contributed by atoms with Crippen molar-refractivity contribution in [1.82, 2.24) is 10.1 Å². The van der Waals surface area contributed by atoms with Crippen molar-refractivity contribution >= 4 is 11.8 Å². The Morgan fingerprint density at radius 3 is 2.78 bits per heavy atom. The molecule has 1 aliphatic heterocycles. The number of ether oxygens (including phenoxy) is 2. The summed E-state index contributed by atoms with van der Waals surface area (Å²) in [7, 11) is 1.63. The fourth-order valence-electron chi connectivity index (χ4n) is 3.22. The van der Waals surface area contributed by atoms with Crippen LogP contribution in [0, 0.1) is 6.92 Å². The highest BCUT2D eigenvalue weighted by Crippen LogP contribution is 2.33. The largest absolute Gasteiger partial charge is 0.383 e. The molecule has 7 heteroatoms. The minimum atomic E-state index is -0.00336. The maximum atomic E-state index is 12.2. The molecule has 0 unspecified atom stereocenters. The molecule has 1 saturated heterocycles. The predicted molar refractivity (Wildman–Crippen MR) is 103 cm³/mol. The number of aryl methyl sites for hydroxylation is 1. The van der Waals surface area contributed by atoms with E-state index < -0.39 is 0 Å². The lowest BCUT2D eigenvalue weighted by atomic mass is 10.0. The van der Waals surface area contributed by atoms with E-state index in [4.69, 9.17) is 14.0 Å². The first-order valence-electron chi connectivity index (χ1n) is 9.23. The molecule has 27 heavy (non-hydrogen) atoms. The lowest BCUT2D eigenvalue weighted by Crippen LogP contribution is -2.37. The molecule has 1 aromatic carbocycles. The van der Waals surface area contributed by atoms with Gasteiger partial charge in [0.2, 0.25) is 11.8 Å². The molecule has 0 saturated carbocycles. The van der Waals surface area contributed by atoms with Gasteiger partial charge in [0.25, 0.3) is 0 Å². The van der Waals surface area contributed by atoms with Gasteiger partial charge in [-0.15, -0.1) is 0 Å². The smallest absolute Gasteiger partial charge is 0.233 e. The first-order valence-corrected chi connectivity index (χ1v) is 9.23. The van der Waals surface area contributed by atoms with Crippen LogP contribution in [0.4, 0.5) is 5.88 Å². The van der Waals surface area contributed by atoms with Gasteiger partial charge in [-0.3, -0.25) is 4.79 Å². The Hall–Kier alpha value is -2.38. The van der Waals surface area contributed by atoms with Gasteiger partial charge in [-0.25, -0.2) is 0 Å². The average Bonchev–Trinajstić information content (AvgIpc) is 3.09. The Bertz CT molecular complexity index is 768. The molecule has 0 N–H and O–H groups in total. The maximum Gasteiger partial charge on any atom is 0.233 e. The SMILES string of the molecule is COCCN(Cc1c(-c2cccc(C)c2)noc1N1CCOCC1)C(C)=O. The van der Waals surface area contributed by atoms with Gasteiger partial charge in [0.05, 0.1) is 31.9 Å². The molecule has 2 heterocycles. The van der Waals surface area contributed by atoms with Crippen LogP contribution in [-0.4, -0.2) is 62.5 Å². The third-order valence-electron chi connectivity index (χ3n) is 4.72. The van der Waals surface area contributed by atoms with E-state index in [0.717, 1.165) is 41.4 Å². The number of amides is 1. The van der Waals surface area contributed by atoms with Crippen LogP contribution in [0.25, 0.3) is 11.3 Å². The van der Waals surface area contributed by atoms with Gasteiger partial charge in [0.15, 0.2) is 0 Å². The summed E-state index contributed by atoms with van der Waals surface area (Å²) in [5, 5.41) is 4.37. The van der Waals surface area contributed by atoms with Crippen molar-refractivity contribution in [1.29, 1.82) is 0 Å². The molecule has 1 aromatic heterocycles. The predicted octanol–water partition coefficient (Wildman–Crippen LogP) is 2.48. The Labute approximate surface area is 159 Å². The molecule has 1 aliphatic rings. The number of nitrogens with zero attached hydrogens (tertiary/aromatic N) is 3. The lowest BCUT2D eigenvalue weighted by molar-refractivity contribution is -0.130. The van der Waals surface area contributed by atoms with Gasteiger partial charge < -0.3 is 23.8 Å². The highest BCUT2D eigenvalue weighted by Gasteiger charge is 2.26. The van der Waals surface area contributed by atoms with E-state index >= 15 is 0 Å². The van der Waals surface area contributed by atoms with Crippen LogP contribution < -0.4 is 4.90 Å². The normalized spacial score (nSPS) is 14.4. The van der Waals surface area contributed by atoms with Crippen molar-refractivity contribution in [3.63, 3.8) is 0 Å². The Morgan fingerprint density at radius 2 is 2.11 bits per heavy atom. The zero-order valence-electron chi connectivity index (χ0n) is 16.2. The Morgan fingerprint density at radius 1 is 1.33 bits per heavy atom. The summed E-state index contributed by atoms with van der Waals surface area (Å²) >= 11 is 0. The third kappa shape index (κ3) is 4.67. The molecule has 7 nitrogen and oxygen atoms in total. The van der Waals surface area contributed by atoms with E-state index in [0.29, 0.717) is 32.9 Å². The van der Waals surface area contributed by atoms with E-state index in [1.807, 2.05) is 25.1 Å². The van der Waals surface area contributed by atoms with Crippen LogP contribution in [0.1, 0.15) is 18.1 Å². The zero-order chi connectivity index (χ0) is 19.2. The molecular weight excluding hydrogens is 346 g/mol. The molecule has 0 spiro atoms. The highest BCUT2D eigenvalue weighted by molar-refractivity contribution is 5.75. The minimum Gasteiger partial charge on any atom is -0.383 e. The van der Waals surface area contributed by atoms with Gasteiger partial charge >= 0.3 is 0 Å². The molecule has 2 aromatic rings. The number of hydrogen-bond donors (Lipinski definition) is 0. The Balaban J connectivity index is 1.98. The summed E-state index contributed by atoms with van der Waals surface area (Å²) in [4.78, 5) is 16.1. The van der Waals surface area contributed by atoms with Crippen molar-refractivity contribution in [3.8, 4) is 11.3 Å². The molecule has 1 amide bonds. The van der Waals surface area contributed by atoms with Crippen LogP contribution in [0.5, 0.6) is 0 Å². The summed E-state index contributed by atoms with van der Waals surface area (Å²) < 4.78 is 16.4. The highest BCUT2D eigenvalue weighted by atomic mass is 16.5.